The van der Waals surface area contributed by atoms with Crippen molar-refractivity contribution in [2.24, 2.45) is 0 Å². The fourth-order valence-corrected chi connectivity index (χ4v) is 2.33. The standard InChI is InChI=1S/C14H21N5O/c1-9-6-15-19(7-9)8-10(2)16-11(3)14-17-13(18-20-14)12-4-5-12/h6-7,10-12,16H,4-5,8H2,1-3H3/t10-,11+/m0/s1. The second kappa shape index (κ2) is 5.36. The van der Waals surface area contributed by atoms with E-state index in [0.717, 1.165) is 12.4 Å². The van der Waals surface area contributed by atoms with E-state index in [2.05, 4.69) is 34.4 Å². The summed E-state index contributed by atoms with van der Waals surface area (Å²) in [6.45, 7) is 7.05. The molecule has 20 heavy (non-hydrogen) atoms. The van der Waals surface area contributed by atoms with Crippen molar-refractivity contribution >= 4 is 0 Å². The molecule has 3 rings (SSSR count). The highest BCUT2D eigenvalue weighted by molar-refractivity contribution is 5.04. The van der Waals surface area contributed by atoms with Gasteiger partial charge in [-0.2, -0.15) is 10.1 Å². The van der Waals surface area contributed by atoms with Crippen molar-refractivity contribution in [2.75, 3.05) is 0 Å². The molecule has 6 heteroatoms. The predicted octanol–water partition coefficient (Wildman–Crippen LogP) is 2.19. The third kappa shape index (κ3) is 3.07. The molecule has 0 unspecified atom stereocenters. The number of hydrogen-bond donors (Lipinski definition) is 1. The van der Waals surface area contributed by atoms with Crippen molar-refractivity contribution in [3.63, 3.8) is 0 Å². The van der Waals surface area contributed by atoms with E-state index in [-0.39, 0.29) is 12.1 Å². The van der Waals surface area contributed by atoms with E-state index in [4.69, 9.17) is 4.52 Å². The maximum atomic E-state index is 5.34. The fraction of sp³-hybridized carbons (Fsp3) is 0.643. The monoisotopic (exact) mass is 275 g/mol. The van der Waals surface area contributed by atoms with Gasteiger partial charge in [0.25, 0.3) is 0 Å². The zero-order valence-electron chi connectivity index (χ0n) is 12.2. The summed E-state index contributed by atoms with van der Waals surface area (Å²) in [5.74, 6) is 2.07. The van der Waals surface area contributed by atoms with E-state index in [1.54, 1.807) is 0 Å². The summed E-state index contributed by atoms with van der Waals surface area (Å²) in [4.78, 5) is 4.47. The quantitative estimate of drug-likeness (QED) is 0.875. The third-order valence-electron chi connectivity index (χ3n) is 3.53. The van der Waals surface area contributed by atoms with E-state index in [1.165, 1.54) is 18.4 Å². The lowest BCUT2D eigenvalue weighted by Gasteiger charge is -2.17. The smallest absolute Gasteiger partial charge is 0.243 e. The first kappa shape index (κ1) is 13.3. The average molecular weight is 275 g/mol. The van der Waals surface area contributed by atoms with Crippen LogP contribution in [0, 0.1) is 6.92 Å². The Morgan fingerprint density at radius 2 is 2.25 bits per heavy atom. The van der Waals surface area contributed by atoms with Crippen LogP contribution in [-0.4, -0.2) is 26.0 Å². The van der Waals surface area contributed by atoms with Crippen molar-refractivity contribution in [1.29, 1.82) is 0 Å². The van der Waals surface area contributed by atoms with E-state index in [0.29, 0.717) is 11.8 Å². The van der Waals surface area contributed by atoms with E-state index >= 15 is 0 Å². The van der Waals surface area contributed by atoms with Crippen LogP contribution >= 0.6 is 0 Å². The van der Waals surface area contributed by atoms with Crippen LogP contribution in [0.5, 0.6) is 0 Å². The maximum Gasteiger partial charge on any atom is 0.243 e. The minimum Gasteiger partial charge on any atom is -0.338 e. The van der Waals surface area contributed by atoms with Gasteiger partial charge in [0.15, 0.2) is 5.82 Å². The molecular weight excluding hydrogens is 254 g/mol. The minimum absolute atomic E-state index is 0.0571. The lowest BCUT2D eigenvalue weighted by atomic mass is 10.2. The summed E-state index contributed by atoms with van der Waals surface area (Å²) in [6.07, 6.45) is 6.29. The van der Waals surface area contributed by atoms with Crippen molar-refractivity contribution < 1.29 is 4.52 Å². The van der Waals surface area contributed by atoms with Gasteiger partial charge in [-0.3, -0.25) is 4.68 Å². The first-order valence-corrected chi connectivity index (χ1v) is 7.20. The largest absolute Gasteiger partial charge is 0.338 e. The molecule has 2 aromatic heterocycles. The van der Waals surface area contributed by atoms with Gasteiger partial charge in [-0.25, -0.2) is 0 Å². The topological polar surface area (TPSA) is 68.8 Å². The van der Waals surface area contributed by atoms with Gasteiger partial charge < -0.3 is 9.84 Å². The summed E-state index contributed by atoms with van der Waals surface area (Å²) in [5, 5.41) is 11.8. The van der Waals surface area contributed by atoms with Crippen molar-refractivity contribution in [3.8, 4) is 0 Å². The summed E-state index contributed by atoms with van der Waals surface area (Å²) in [7, 11) is 0. The molecular formula is C14H21N5O. The third-order valence-corrected chi connectivity index (χ3v) is 3.53. The summed E-state index contributed by atoms with van der Waals surface area (Å²) in [6, 6.07) is 0.335. The van der Waals surface area contributed by atoms with Crippen LogP contribution in [0.4, 0.5) is 0 Å². The zero-order chi connectivity index (χ0) is 14.1. The minimum atomic E-state index is 0.0571. The molecule has 0 aromatic carbocycles. The second-order valence-electron chi connectivity index (χ2n) is 5.79. The number of aromatic nitrogens is 4. The Morgan fingerprint density at radius 1 is 1.45 bits per heavy atom. The maximum absolute atomic E-state index is 5.34. The van der Waals surface area contributed by atoms with Crippen LogP contribution in [0.15, 0.2) is 16.9 Å². The number of nitrogens with zero attached hydrogens (tertiary/aromatic N) is 4. The molecule has 0 radical (unpaired) electrons. The molecule has 108 valence electrons. The number of aryl methyl sites for hydroxylation is 1. The molecule has 0 spiro atoms. The summed E-state index contributed by atoms with van der Waals surface area (Å²) >= 11 is 0. The molecule has 1 fully saturated rings. The lowest BCUT2D eigenvalue weighted by molar-refractivity contribution is 0.314. The Labute approximate surface area is 118 Å². The first-order chi connectivity index (χ1) is 9.61. The van der Waals surface area contributed by atoms with Gasteiger partial charge in [0.2, 0.25) is 5.89 Å². The Kier molecular flexibility index (Phi) is 3.56. The van der Waals surface area contributed by atoms with Crippen molar-refractivity contribution in [1.82, 2.24) is 25.2 Å². The first-order valence-electron chi connectivity index (χ1n) is 7.20. The molecule has 1 saturated carbocycles. The molecule has 2 aromatic rings. The number of rotatable bonds is 6. The molecule has 2 atom stereocenters. The van der Waals surface area contributed by atoms with Crippen molar-refractivity contribution in [3.05, 3.63) is 29.7 Å². The van der Waals surface area contributed by atoms with Gasteiger partial charge in [0, 0.05) is 18.2 Å². The fourth-order valence-electron chi connectivity index (χ4n) is 2.33. The average Bonchev–Trinajstić information content (AvgIpc) is 2.98. The van der Waals surface area contributed by atoms with Crippen LogP contribution in [0.2, 0.25) is 0 Å². The van der Waals surface area contributed by atoms with E-state index < -0.39 is 0 Å². The highest BCUT2D eigenvalue weighted by Crippen LogP contribution is 2.38. The van der Waals surface area contributed by atoms with Gasteiger partial charge in [-0.1, -0.05) is 5.16 Å². The Bertz CT molecular complexity index is 572. The van der Waals surface area contributed by atoms with E-state index in [1.807, 2.05) is 24.0 Å². The molecule has 0 amide bonds. The second-order valence-corrected chi connectivity index (χ2v) is 5.79. The predicted molar refractivity (Wildman–Crippen MR) is 74.2 cm³/mol. The van der Waals surface area contributed by atoms with Gasteiger partial charge in [-0.15, -0.1) is 0 Å². The van der Waals surface area contributed by atoms with Crippen LogP contribution in [0.3, 0.4) is 0 Å². The Morgan fingerprint density at radius 3 is 2.90 bits per heavy atom. The summed E-state index contributed by atoms with van der Waals surface area (Å²) in [5.41, 5.74) is 1.18. The SMILES string of the molecule is Cc1cnn(C[C@H](C)N[C@H](C)c2nc(C3CC3)no2)c1. The highest BCUT2D eigenvalue weighted by atomic mass is 16.5. The zero-order valence-corrected chi connectivity index (χ0v) is 12.2. The summed E-state index contributed by atoms with van der Waals surface area (Å²) < 4.78 is 7.28. The highest BCUT2D eigenvalue weighted by Gasteiger charge is 2.29. The molecule has 0 aliphatic heterocycles. The molecule has 1 aliphatic carbocycles. The number of hydrogen-bond acceptors (Lipinski definition) is 5. The molecule has 2 heterocycles. The van der Waals surface area contributed by atoms with Gasteiger partial charge in [0.1, 0.15) is 0 Å². The van der Waals surface area contributed by atoms with Crippen LogP contribution in [0.1, 0.15) is 55.9 Å². The Hall–Kier alpha value is -1.69. The van der Waals surface area contributed by atoms with Crippen LogP contribution in [-0.2, 0) is 6.54 Å². The molecule has 1 N–H and O–H groups in total. The van der Waals surface area contributed by atoms with Gasteiger partial charge in [0.05, 0.1) is 18.8 Å². The van der Waals surface area contributed by atoms with Gasteiger partial charge in [-0.05, 0) is 39.2 Å². The van der Waals surface area contributed by atoms with Gasteiger partial charge >= 0.3 is 0 Å². The lowest BCUT2D eigenvalue weighted by Crippen LogP contribution is -2.33. The van der Waals surface area contributed by atoms with Crippen LogP contribution in [0.25, 0.3) is 0 Å². The Balaban J connectivity index is 1.55. The molecule has 0 bridgehead atoms. The van der Waals surface area contributed by atoms with E-state index in [9.17, 15) is 0 Å². The van der Waals surface area contributed by atoms with Crippen molar-refractivity contribution in [2.45, 2.75) is 58.2 Å². The molecule has 0 saturated heterocycles. The van der Waals surface area contributed by atoms with Crippen LogP contribution < -0.4 is 5.32 Å². The molecule has 1 aliphatic rings. The molecule has 6 nitrogen and oxygen atoms in total. The number of nitrogens with one attached hydrogen (secondary N) is 1. The normalized spacial score (nSPS) is 18.1.